The molecule has 0 aliphatic heterocycles. The summed E-state index contributed by atoms with van der Waals surface area (Å²) in [5.41, 5.74) is 0.204. The molecule has 1 amide bonds. The number of carbonyl (C=O) groups is 1. The van der Waals surface area contributed by atoms with Crippen LogP contribution in [0.5, 0.6) is 5.75 Å². The minimum Gasteiger partial charge on any atom is -0.490 e. The van der Waals surface area contributed by atoms with Crippen molar-refractivity contribution in [2.24, 2.45) is 5.92 Å². The van der Waals surface area contributed by atoms with Crippen molar-refractivity contribution in [3.8, 4) is 5.75 Å². The number of aliphatic hydroxyl groups is 1. The molecule has 1 fully saturated rings. The Hall–Kier alpha value is -1.62. The van der Waals surface area contributed by atoms with Crippen LogP contribution in [-0.2, 0) is 0 Å². The predicted molar refractivity (Wildman–Crippen MR) is 73.3 cm³/mol. The van der Waals surface area contributed by atoms with E-state index in [1.165, 1.54) is 12.1 Å². The van der Waals surface area contributed by atoms with E-state index in [2.05, 4.69) is 5.32 Å². The largest absolute Gasteiger partial charge is 0.490 e. The Balaban J connectivity index is 2.13. The van der Waals surface area contributed by atoms with Crippen LogP contribution in [0.3, 0.4) is 0 Å². The molecule has 0 spiro atoms. The van der Waals surface area contributed by atoms with Crippen molar-refractivity contribution in [3.05, 3.63) is 29.6 Å². The Kier molecular flexibility index (Phi) is 4.95. The number of ether oxygens (including phenoxy) is 1. The predicted octanol–water partition coefficient (Wildman–Crippen LogP) is 2.12. The summed E-state index contributed by atoms with van der Waals surface area (Å²) < 4.78 is 18.9. The summed E-state index contributed by atoms with van der Waals surface area (Å²) >= 11 is 0. The van der Waals surface area contributed by atoms with Gasteiger partial charge in [-0.1, -0.05) is 6.07 Å². The smallest absolute Gasteiger partial charge is 0.255 e. The topological polar surface area (TPSA) is 58.6 Å². The summed E-state index contributed by atoms with van der Waals surface area (Å²) in [6, 6.07) is 4.26. The molecule has 1 aromatic rings. The molecule has 20 heavy (non-hydrogen) atoms. The lowest BCUT2D eigenvalue weighted by molar-refractivity contribution is 0.0919. The van der Waals surface area contributed by atoms with Gasteiger partial charge < -0.3 is 15.2 Å². The lowest BCUT2D eigenvalue weighted by Gasteiger charge is -2.18. The molecule has 1 aliphatic rings. The van der Waals surface area contributed by atoms with Gasteiger partial charge in [0.15, 0.2) is 11.6 Å². The molecule has 1 aliphatic carbocycles. The maximum absolute atomic E-state index is 13.7. The summed E-state index contributed by atoms with van der Waals surface area (Å²) in [6.45, 7) is 2.07. The van der Waals surface area contributed by atoms with Crippen molar-refractivity contribution in [3.63, 3.8) is 0 Å². The van der Waals surface area contributed by atoms with Crippen LogP contribution in [0.25, 0.3) is 0 Å². The van der Waals surface area contributed by atoms with Crippen molar-refractivity contribution in [2.75, 3.05) is 13.2 Å². The summed E-state index contributed by atoms with van der Waals surface area (Å²) in [7, 11) is 0. The number of nitrogens with one attached hydrogen (secondary N) is 1. The number of aliphatic hydroxyl groups excluding tert-OH is 1. The number of amides is 1. The first-order chi connectivity index (χ1) is 9.67. The molecule has 5 heteroatoms. The Morgan fingerprint density at radius 1 is 1.55 bits per heavy atom. The molecule has 2 rings (SSSR count). The molecule has 2 N–H and O–H groups in total. The van der Waals surface area contributed by atoms with Crippen molar-refractivity contribution >= 4 is 5.91 Å². The average molecular weight is 281 g/mol. The second kappa shape index (κ2) is 6.70. The van der Waals surface area contributed by atoms with E-state index in [9.17, 15) is 9.18 Å². The zero-order valence-corrected chi connectivity index (χ0v) is 11.6. The van der Waals surface area contributed by atoms with E-state index < -0.39 is 5.82 Å². The first-order valence-corrected chi connectivity index (χ1v) is 7.00. The lowest BCUT2D eigenvalue weighted by atomic mass is 10.1. The molecule has 0 aromatic heterocycles. The first kappa shape index (κ1) is 14.8. The Labute approximate surface area is 117 Å². The van der Waals surface area contributed by atoms with E-state index in [1.807, 2.05) is 0 Å². The number of para-hydroxylation sites is 1. The summed E-state index contributed by atoms with van der Waals surface area (Å²) in [5.74, 6) is -0.468. The molecule has 0 saturated heterocycles. The number of hydrogen-bond acceptors (Lipinski definition) is 3. The molecule has 0 heterocycles. The van der Waals surface area contributed by atoms with E-state index in [0.29, 0.717) is 18.9 Å². The zero-order valence-electron chi connectivity index (χ0n) is 11.6. The number of carbonyl (C=O) groups excluding carboxylic acids is 1. The third-order valence-electron chi connectivity index (χ3n) is 3.45. The monoisotopic (exact) mass is 281 g/mol. The van der Waals surface area contributed by atoms with Crippen LogP contribution in [0.2, 0.25) is 0 Å². The minimum absolute atomic E-state index is 0.00829. The van der Waals surface area contributed by atoms with E-state index in [-0.39, 0.29) is 29.9 Å². The maximum atomic E-state index is 13.7. The Morgan fingerprint density at radius 2 is 2.30 bits per heavy atom. The fourth-order valence-corrected chi connectivity index (χ4v) is 2.29. The molecular formula is C15H20FNO3. The Morgan fingerprint density at radius 3 is 2.90 bits per heavy atom. The van der Waals surface area contributed by atoms with Crippen molar-refractivity contribution in [2.45, 2.75) is 32.2 Å². The van der Waals surface area contributed by atoms with Gasteiger partial charge in [-0.3, -0.25) is 4.79 Å². The van der Waals surface area contributed by atoms with Gasteiger partial charge in [0.1, 0.15) is 0 Å². The number of hydrogen-bond donors (Lipinski definition) is 2. The highest BCUT2D eigenvalue weighted by Gasteiger charge is 2.32. The van der Waals surface area contributed by atoms with Crippen LogP contribution in [0, 0.1) is 11.7 Å². The van der Waals surface area contributed by atoms with Gasteiger partial charge >= 0.3 is 0 Å². The molecule has 0 bridgehead atoms. The van der Waals surface area contributed by atoms with Crippen molar-refractivity contribution in [1.82, 2.24) is 5.32 Å². The van der Waals surface area contributed by atoms with Gasteiger partial charge in [0, 0.05) is 12.6 Å². The van der Waals surface area contributed by atoms with Crippen molar-refractivity contribution in [1.29, 1.82) is 0 Å². The molecule has 0 radical (unpaired) electrons. The first-order valence-electron chi connectivity index (χ1n) is 7.00. The molecule has 1 aromatic carbocycles. The highest BCUT2D eigenvalue weighted by Crippen LogP contribution is 2.34. The van der Waals surface area contributed by atoms with Gasteiger partial charge in [0.05, 0.1) is 12.2 Å². The van der Waals surface area contributed by atoms with Crippen LogP contribution >= 0.6 is 0 Å². The highest BCUT2D eigenvalue weighted by molar-refractivity contribution is 5.97. The second-order valence-electron chi connectivity index (χ2n) is 4.98. The summed E-state index contributed by atoms with van der Waals surface area (Å²) in [5, 5.41) is 11.9. The SMILES string of the molecule is CCOc1c(F)cccc1C(=O)NC(CCO)C1CC1. The van der Waals surface area contributed by atoms with Crippen LogP contribution in [0.1, 0.15) is 36.5 Å². The maximum Gasteiger partial charge on any atom is 0.255 e. The second-order valence-corrected chi connectivity index (χ2v) is 4.98. The van der Waals surface area contributed by atoms with Crippen LogP contribution in [-0.4, -0.2) is 30.3 Å². The summed E-state index contributed by atoms with van der Waals surface area (Å²) in [4.78, 5) is 12.3. The molecule has 1 saturated carbocycles. The van der Waals surface area contributed by atoms with Gasteiger partial charge in [0.25, 0.3) is 5.91 Å². The average Bonchev–Trinajstić information content (AvgIpc) is 3.25. The van der Waals surface area contributed by atoms with Gasteiger partial charge in [-0.25, -0.2) is 4.39 Å². The molecule has 1 unspecified atom stereocenters. The fraction of sp³-hybridized carbons (Fsp3) is 0.533. The van der Waals surface area contributed by atoms with Crippen LogP contribution in [0.4, 0.5) is 4.39 Å². The van der Waals surface area contributed by atoms with Crippen LogP contribution < -0.4 is 10.1 Å². The summed E-state index contributed by atoms with van der Waals surface area (Å²) in [6.07, 6.45) is 2.65. The normalized spacial score (nSPS) is 15.8. The number of benzene rings is 1. The minimum atomic E-state index is -0.537. The van der Waals surface area contributed by atoms with Gasteiger partial charge in [-0.15, -0.1) is 0 Å². The van der Waals surface area contributed by atoms with Gasteiger partial charge in [-0.05, 0) is 44.2 Å². The Bertz CT molecular complexity index is 474. The fourth-order valence-electron chi connectivity index (χ4n) is 2.29. The number of halogens is 1. The third kappa shape index (κ3) is 3.48. The zero-order chi connectivity index (χ0) is 14.5. The quantitative estimate of drug-likeness (QED) is 0.805. The van der Waals surface area contributed by atoms with E-state index in [4.69, 9.17) is 9.84 Å². The molecule has 110 valence electrons. The molecule has 1 atom stereocenters. The standard InChI is InChI=1S/C15H20FNO3/c1-2-20-14-11(4-3-5-12(14)16)15(19)17-13(8-9-18)10-6-7-10/h3-5,10,13,18H,2,6-9H2,1H3,(H,17,19). The third-order valence-corrected chi connectivity index (χ3v) is 3.45. The lowest BCUT2D eigenvalue weighted by Crippen LogP contribution is -2.37. The molecular weight excluding hydrogens is 261 g/mol. The van der Waals surface area contributed by atoms with E-state index in [0.717, 1.165) is 12.8 Å². The number of rotatable bonds is 7. The van der Waals surface area contributed by atoms with Gasteiger partial charge in [-0.2, -0.15) is 0 Å². The van der Waals surface area contributed by atoms with E-state index >= 15 is 0 Å². The highest BCUT2D eigenvalue weighted by atomic mass is 19.1. The van der Waals surface area contributed by atoms with Gasteiger partial charge in [0.2, 0.25) is 0 Å². The van der Waals surface area contributed by atoms with Crippen molar-refractivity contribution < 1.29 is 19.0 Å². The van der Waals surface area contributed by atoms with E-state index in [1.54, 1.807) is 13.0 Å². The molecule has 4 nitrogen and oxygen atoms in total. The van der Waals surface area contributed by atoms with Crippen LogP contribution in [0.15, 0.2) is 18.2 Å².